The summed E-state index contributed by atoms with van der Waals surface area (Å²) < 4.78 is 1.46. The maximum Gasteiger partial charge on any atom is 0.257 e. The van der Waals surface area contributed by atoms with E-state index in [0.717, 1.165) is 0 Å². The summed E-state index contributed by atoms with van der Waals surface area (Å²) in [5.41, 5.74) is 5.95. The maximum atomic E-state index is 11.3. The van der Waals surface area contributed by atoms with Crippen LogP contribution in [0.1, 0.15) is 5.82 Å². The molecule has 2 aromatic rings. The van der Waals surface area contributed by atoms with Gasteiger partial charge in [-0.3, -0.25) is 9.89 Å². The fourth-order valence-electron chi connectivity index (χ4n) is 1.15. The summed E-state index contributed by atoms with van der Waals surface area (Å²) in [6, 6.07) is 4.92. The highest BCUT2D eigenvalue weighted by molar-refractivity contribution is 5.36. The number of aromatic nitrogens is 3. The van der Waals surface area contributed by atoms with Gasteiger partial charge in [-0.2, -0.15) is 5.10 Å². The first-order chi connectivity index (χ1) is 5.83. The van der Waals surface area contributed by atoms with Crippen LogP contribution in [0.4, 0.5) is 0 Å². The molecule has 0 aliphatic heterocycles. The van der Waals surface area contributed by atoms with Gasteiger partial charge in [-0.05, 0) is 6.07 Å². The van der Waals surface area contributed by atoms with Gasteiger partial charge >= 0.3 is 0 Å². The van der Waals surface area contributed by atoms with Crippen LogP contribution in [-0.2, 0) is 6.54 Å². The molecule has 0 atom stereocenters. The highest BCUT2D eigenvalue weighted by Gasteiger charge is 2.02. The molecule has 0 saturated heterocycles. The molecule has 5 nitrogen and oxygen atoms in total. The molecular weight excluding hydrogens is 156 g/mol. The number of pyridine rings is 1. The van der Waals surface area contributed by atoms with Gasteiger partial charge in [0.05, 0.1) is 6.54 Å². The number of H-pyrrole nitrogens is 1. The van der Waals surface area contributed by atoms with Crippen molar-refractivity contribution in [3.8, 4) is 0 Å². The van der Waals surface area contributed by atoms with E-state index >= 15 is 0 Å². The number of nitrogens with zero attached hydrogens (tertiary/aromatic N) is 2. The normalized spacial score (nSPS) is 10.8. The average Bonchev–Trinajstić information content (AvgIpc) is 2.49. The molecular formula is C7H8N4O. The Morgan fingerprint density at radius 1 is 1.58 bits per heavy atom. The van der Waals surface area contributed by atoms with E-state index in [1.165, 1.54) is 10.5 Å². The molecule has 0 radical (unpaired) electrons. The molecule has 62 valence electrons. The fraction of sp³-hybridized carbons (Fsp3) is 0.143. The van der Waals surface area contributed by atoms with Crippen LogP contribution in [0, 0.1) is 0 Å². The van der Waals surface area contributed by atoms with E-state index in [-0.39, 0.29) is 12.1 Å². The first-order valence-corrected chi connectivity index (χ1v) is 3.58. The van der Waals surface area contributed by atoms with E-state index < -0.39 is 0 Å². The molecule has 0 bridgehead atoms. The van der Waals surface area contributed by atoms with Gasteiger partial charge in [0.25, 0.3) is 5.56 Å². The van der Waals surface area contributed by atoms with Gasteiger partial charge < -0.3 is 5.73 Å². The summed E-state index contributed by atoms with van der Waals surface area (Å²) in [5, 5.41) is 6.60. The van der Waals surface area contributed by atoms with Gasteiger partial charge in [0.1, 0.15) is 5.65 Å². The highest BCUT2D eigenvalue weighted by atomic mass is 16.1. The van der Waals surface area contributed by atoms with E-state index in [9.17, 15) is 4.79 Å². The summed E-state index contributed by atoms with van der Waals surface area (Å²) in [7, 11) is 0. The third-order valence-corrected chi connectivity index (χ3v) is 1.69. The van der Waals surface area contributed by atoms with Crippen molar-refractivity contribution in [2.45, 2.75) is 6.54 Å². The predicted molar refractivity (Wildman–Crippen MR) is 43.7 cm³/mol. The molecule has 0 amide bonds. The lowest BCUT2D eigenvalue weighted by Crippen LogP contribution is -2.15. The van der Waals surface area contributed by atoms with Crippen molar-refractivity contribution in [3.63, 3.8) is 0 Å². The standard InChI is InChI=1S/C7H8N4O/c8-4-6-10-9-5-2-1-3-7(12)11(5)6/h1-3,9H,4,8H2. The monoisotopic (exact) mass is 164 g/mol. The fourth-order valence-corrected chi connectivity index (χ4v) is 1.15. The Morgan fingerprint density at radius 3 is 3.17 bits per heavy atom. The molecule has 0 unspecified atom stereocenters. The van der Waals surface area contributed by atoms with Crippen LogP contribution < -0.4 is 11.3 Å². The molecule has 5 heteroatoms. The molecule has 2 aromatic heterocycles. The van der Waals surface area contributed by atoms with Crippen molar-refractivity contribution in [1.29, 1.82) is 0 Å². The van der Waals surface area contributed by atoms with E-state index in [4.69, 9.17) is 5.73 Å². The Hall–Kier alpha value is -1.62. The summed E-state index contributed by atoms with van der Waals surface area (Å²) in [5.74, 6) is 0.551. The summed E-state index contributed by atoms with van der Waals surface area (Å²) in [4.78, 5) is 11.3. The highest BCUT2D eigenvalue weighted by Crippen LogP contribution is 1.96. The van der Waals surface area contributed by atoms with Crippen LogP contribution in [0.3, 0.4) is 0 Å². The summed E-state index contributed by atoms with van der Waals surface area (Å²) in [6.45, 7) is 0.254. The second-order valence-corrected chi connectivity index (χ2v) is 2.43. The molecule has 0 spiro atoms. The number of aromatic amines is 1. The van der Waals surface area contributed by atoms with Crippen molar-refractivity contribution in [2.75, 3.05) is 0 Å². The van der Waals surface area contributed by atoms with Crippen molar-refractivity contribution >= 4 is 5.65 Å². The molecule has 2 heterocycles. The van der Waals surface area contributed by atoms with Gasteiger partial charge in [-0.25, -0.2) is 4.40 Å². The second kappa shape index (κ2) is 2.46. The van der Waals surface area contributed by atoms with Crippen LogP contribution in [-0.4, -0.2) is 14.6 Å². The Balaban J connectivity index is 2.92. The van der Waals surface area contributed by atoms with E-state index in [1.807, 2.05) is 0 Å². The lowest BCUT2D eigenvalue weighted by molar-refractivity contribution is 0.869. The molecule has 0 fully saturated rings. The molecule has 3 N–H and O–H groups in total. The zero-order valence-electron chi connectivity index (χ0n) is 6.32. The zero-order chi connectivity index (χ0) is 8.55. The Labute approximate surface area is 67.8 Å². The SMILES string of the molecule is NCc1n[nH]c2cccc(=O)n12. The number of nitrogens with one attached hydrogen (secondary N) is 1. The maximum absolute atomic E-state index is 11.3. The van der Waals surface area contributed by atoms with E-state index in [2.05, 4.69) is 10.2 Å². The topological polar surface area (TPSA) is 76.2 Å². The van der Waals surface area contributed by atoms with Gasteiger partial charge in [0.15, 0.2) is 5.82 Å². The van der Waals surface area contributed by atoms with Crippen LogP contribution >= 0.6 is 0 Å². The molecule has 0 aliphatic rings. The number of hydrogen-bond acceptors (Lipinski definition) is 3. The molecule has 0 aliphatic carbocycles. The first-order valence-electron chi connectivity index (χ1n) is 3.58. The predicted octanol–water partition coefficient (Wildman–Crippen LogP) is -0.519. The van der Waals surface area contributed by atoms with Crippen LogP contribution in [0.25, 0.3) is 5.65 Å². The van der Waals surface area contributed by atoms with Gasteiger partial charge in [-0.15, -0.1) is 0 Å². The van der Waals surface area contributed by atoms with Crippen LogP contribution in [0.15, 0.2) is 23.0 Å². The Morgan fingerprint density at radius 2 is 2.42 bits per heavy atom. The average molecular weight is 164 g/mol. The van der Waals surface area contributed by atoms with Crippen molar-refractivity contribution in [1.82, 2.24) is 14.6 Å². The Bertz CT molecular complexity index is 456. The Kier molecular flexibility index (Phi) is 1.44. The number of fused-ring (bicyclic) bond motifs is 1. The second-order valence-electron chi connectivity index (χ2n) is 2.43. The van der Waals surface area contributed by atoms with Crippen molar-refractivity contribution < 1.29 is 0 Å². The summed E-state index contributed by atoms with van der Waals surface area (Å²) in [6.07, 6.45) is 0. The zero-order valence-corrected chi connectivity index (χ0v) is 6.32. The van der Waals surface area contributed by atoms with Gasteiger partial charge in [0.2, 0.25) is 0 Å². The van der Waals surface area contributed by atoms with Crippen LogP contribution in [0.2, 0.25) is 0 Å². The number of rotatable bonds is 1. The van der Waals surface area contributed by atoms with Gasteiger partial charge in [0, 0.05) is 6.07 Å². The van der Waals surface area contributed by atoms with E-state index in [1.54, 1.807) is 12.1 Å². The van der Waals surface area contributed by atoms with Crippen molar-refractivity contribution in [3.05, 3.63) is 34.4 Å². The summed E-state index contributed by atoms with van der Waals surface area (Å²) >= 11 is 0. The number of hydrogen-bond donors (Lipinski definition) is 2. The van der Waals surface area contributed by atoms with Gasteiger partial charge in [-0.1, -0.05) is 6.07 Å². The lowest BCUT2D eigenvalue weighted by atomic mass is 10.4. The van der Waals surface area contributed by atoms with Crippen LogP contribution in [0.5, 0.6) is 0 Å². The minimum absolute atomic E-state index is 0.110. The molecule has 0 aromatic carbocycles. The largest absolute Gasteiger partial charge is 0.324 e. The van der Waals surface area contributed by atoms with E-state index in [0.29, 0.717) is 11.5 Å². The lowest BCUT2D eigenvalue weighted by Gasteiger charge is -1.92. The third-order valence-electron chi connectivity index (χ3n) is 1.69. The molecule has 0 saturated carbocycles. The minimum atomic E-state index is -0.110. The third kappa shape index (κ3) is 0.835. The quantitative estimate of drug-likeness (QED) is 0.595. The van der Waals surface area contributed by atoms with Crippen molar-refractivity contribution in [2.24, 2.45) is 5.73 Å². The minimum Gasteiger partial charge on any atom is -0.324 e. The smallest absolute Gasteiger partial charge is 0.257 e. The first kappa shape index (κ1) is 7.05. The molecule has 12 heavy (non-hydrogen) atoms. The molecule has 2 rings (SSSR count). The number of nitrogens with two attached hydrogens (primary N) is 1.